The summed E-state index contributed by atoms with van der Waals surface area (Å²) in [6.07, 6.45) is 0. The molecule has 1 aliphatic heterocycles. The van der Waals surface area contributed by atoms with Crippen LogP contribution in [-0.4, -0.2) is 17.8 Å². The van der Waals surface area contributed by atoms with Gasteiger partial charge in [-0.15, -0.1) is 11.8 Å². The lowest BCUT2D eigenvalue weighted by Gasteiger charge is -2.27. The van der Waals surface area contributed by atoms with E-state index in [0.29, 0.717) is 12.5 Å². The number of carbonyl (C=O) groups is 1. The normalized spacial score (nSPS) is 18.8. The zero-order chi connectivity index (χ0) is 12.4. The van der Waals surface area contributed by atoms with Gasteiger partial charge in [0.05, 0.1) is 17.5 Å². The second kappa shape index (κ2) is 5.00. The molecular formula is C13H17NO2S. The Labute approximate surface area is 106 Å². The highest BCUT2D eigenvalue weighted by molar-refractivity contribution is 8.01. The SMILES string of the molecule is CCOc1cccc2c1NC(=O)C(C(C)C)S2. The zero-order valence-corrected chi connectivity index (χ0v) is 11.1. The van der Waals surface area contributed by atoms with Crippen molar-refractivity contribution in [2.45, 2.75) is 30.9 Å². The second-order valence-corrected chi connectivity index (χ2v) is 5.52. The average Bonchev–Trinajstić information content (AvgIpc) is 2.29. The lowest BCUT2D eigenvalue weighted by molar-refractivity contribution is -0.116. The van der Waals surface area contributed by atoms with E-state index in [-0.39, 0.29) is 11.2 Å². The van der Waals surface area contributed by atoms with Crippen LogP contribution in [0.25, 0.3) is 0 Å². The van der Waals surface area contributed by atoms with Crippen molar-refractivity contribution in [1.82, 2.24) is 0 Å². The average molecular weight is 251 g/mol. The molecule has 1 unspecified atom stereocenters. The first-order valence-electron chi connectivity index (χ1n) is 5.86. The number of ether oxygens (including phenoxy) is 1. The third-order valence-electron chi connectivity index (χ3n) is 2.65. The molecule has 0 aromatic heterocycles. The summed E-state index contributed by atoms with van der Waals surface area (Å²) < 4.78 is 5.52. The van der Waals surface area contributed by atoms with Crippen molar-refractivity contribution in [3.63, 3.8) is 0 Å². The molecule has 1 aliphatic rings. The third-order valence-corrected chi connectivity index (χ3v) is 4.26. The highest BCUT2D eigenvalue weighted by atomic mass is 32.2. The van der Waals surface area contributed by atoms with Gasteiger partial charge in [-0.2, -0.15) is 0 Å². The van der Waals surface area contributed by atoms with E-state index in [1.54, 1.807) is 11.8 Å². The van der Waals surface area contributed by atoms with Crippen LogP contribution in [0, 0.1) is 5.92 Å². The first kappa shape index (κ1) is 12.3. The molecule has 0 fully saturated rings. The molecule has 1 amide bonds. The van der Waals surface area contributed by atoms with Gasteiger partial charge in [0.25, 0.3) is 0 Å². The summed E-state index contributed by atoms with van der Waals surface area (Å²) in [7, 11) is 0. The molecule has 0 saturated carbocycles. The number of para-hydroxylation sites is 1. The molecule has 1 aromatic carbocycles. The van der Waals surface area contributed by atoms with Crippen LogP contribution in [0.3, 0.4) is 0 Å². The van der Waals surface area contributed by atoms with E-state index in [4.69, 9.17) is 4.74 Å². The Kier molecular flexibility index (Phi) is 3.62. The molecule has 0 aliphatic carbocycles. The molecule has 3 nitrogen and oxygen atoms in total. The Bertz CT molecular complexity index is 431. The van der Waals surface area contributed by atoms with Crippen LogP contribution in [0.4, 0.5) is 5.69 Å². The fourth-order valence-corrected chi connectivity index (χ4v) is 2.97. The first-order valence-corrected chi connectivity index (χ1v) is 6.74. The molecule has 1 aromatic rings. The Morgan fingerprint density at radius 2 is 2.24 bits per heavy atom. The summed E-state index contributed by atoms with van der Waals surface area (Å²) >= 11 is 1.62. The summed E-state index contributed by atoms with van der Waals surface area (Å²) in [5.41, 5.74) is 0.821. The topological polar surface area (TPSA) is 38.3 Å². The highest BCUT2D eigenvalue weighted by Gasteiger charge is 2.30. The van der Waals surface area contributed by atoms with E-state index in [0.717, 1.165) is 16.3 Å². The van der Waals surface area contributed by atoms with Crippen molar-refractivity contribution in [1.29, 1.82) is 0 Å². The predicted octanol–water partition coefficient (Wildman–Crippen LogP) is 3.15. The van der Waals surface area contributed by atoms with E-state index in [1.807, 2.05) is 25.1 Å². The zero-order valence-electron chi connectivity index (χ0n) is 10.3. The molecule has 1 N–H and O–H groups in total. The van der Waals surface area contributed by atoms with E-state index in [2.05, 4.69) is 19.2 Å². The lowest BCUT2D eigenvalue weighted by atomic mass is 10.1. The fraction of sp³-hybridized carbons (Fsp3) is 0.462. The van der Waals surface area contributed by atoms with Crippen LogP contribution in [0.1, 0.15) is 20.8 Å². The van der Waals surface area contributed by atoms with Crippen LogP contribution in [0.15, 0.2) is 23.1 Å². The molecule has 1 atom stereocenters. The Morgan fingerprint density at radius 1 is 1.47 bits per heavy atom. The van der Waals surface area contributed by atoms with Gasteiger partial charge >= 0.3 is 0 Å². The van der Waals surface area contributed by atoms with E-state index < -0.39 is 0 Å². The van der Waals surface area contributed by atoms with Crippen LogP contribution < -0.4 is 10.1 Å². The minimum absolute atomic E-state index is 0.0145. The van der Waals surface area contributed by atoms with Crippen LogP contribution in [0.2, 0.25) is 0 Å². The molecule has 0 bridgehead atoms. The summed E-state index contributed by atoms with van der Waals surface area (Å²) in [6.45, 7) is 6.67. The minimum Gasteiger partial charge on any atom is -0.492 e. The standard InChI is InChI=1S/C13H17NO2S/c1-4-16-9-6-5-7-10-11(9)14-13(15)12(17-10)8(2)3/h5-8,12H,4H2,1-3H3,(H,14,15). The fourth-order valence-electron chi connectivity index (χ4n) is 1.83. The summed E-state index contributed by atoms with van der Waals surface area (Å²) in [6, 6.07) is 5.88. The van der Waals surface area contributed by atoms with Crippen molar-refractivity contribution in [3.8, 4) is 5.75 Å². The van der Waals surface area contributed by atoms with E-state index in [1.165, 1.54) is 0 Å². The minimum atomic E-state index is -0.0145. The van der Waals surface area contributed by atoms with E-state index in [9.17, 15) is 4.79 Å². The van der Waals surface area contributed by atoms with Gasteiger partial charge in [-0.3, -0.25) is 4.79 Å². The Balaban J connectivity index is 2.34. The molecule has 0 saturated heterocycles. The van der Waals surface area contributed by atoms with Gasteiger partial charge in [0, 0.05) is 4.90 Å². The summed E-state index contributed by atoms with van der Waals surface area (Å²) in [4.78, 5) is 13.1. The van der Waals surface area contributed by atoms with Crippen molar-refractivity contribution in [3.05, 3.63) is 18.2 Å². The molecule has 0 spiro atoms. The number of nitrogens with one attached hydrogen (secondary N) is 1. The van der Waals surface area contributed by atoms with Gasteiger partial charge in [0.15, 0.2) is 0 Å². The van der Waals surface area contributed by atoms with Gasteiger partial charge in [0.1, 0.15) is 5.75 Å². The maximum Gasteiger partial charge on any atom is 0.238 e. The number of carbonyl (C=O) groups excluding carboxylic acids is 1. The summed E-state index contributed by atoms with van der Waals surface area (Å²) in [5.74, 6) is 1.15. The number of hydrogen-bond acceptors (Lipinski definition) is 3. The van der Waals surface area contributed by atoms with Crippen LogP contribution in [-0.2, 0) is 4.79 Å². The molecular weight excluding hydrogens is 234 g/mol. The number of rotatable bonds is 3. The van der Waals surface area contributed by atoms with Crippen molar-refractivity contribution in [2.75, 3.05) is 11.9 Å². The molecule has 1 heterocycles. The number of hydrogen-bond donors (Lipinski definition) is 1. The monoisotopic (exact) mass is 251 g/mol. The van der Waals surface area contributed by atoms with Crippen molar-refractivity contribution >= 4 is 23.4 Å². The largest absolute Gasteiger partial charge is 0.492 e. The molecule has 17 heavy (non-hydrogen) atoms. The molecule has 2 rings (SSSR count). The second-order valence-electron chi connectivity index (χ2n) is 4.33. The van der Waals surface area contributed by atoms with Crippen molar-refractivity contribution < 1.29 is 9.53 Å². The van der Waals surface area contributed by atoms with Crippen LogP contribution >= 0.6 is 11.8 Å². The van der Waals surface area contributed by atoms with Gasteiger partial charge in [-0.1, -0.05) is 19.9 Å². The van der Waals surface area contributed by atoms with Gasteiger partial charge in [0.2, 0.25) is 5.91 Å². The number of thioether (sulfide) groups is 1. The van der Waals surface area contributed by atoms with Crippen molar-refractivity contribution in [2.24, 2.45) is 5.92 Å². The maximum absolute atomic E-state index is 12.0. The maximum atomic E-state index is 12.0. The third kappa shape index (κ3) is 2.41. The molecule has 4 heteroatoms. The Hall–Kier alpha value is -1.16. The number of anilines is 1. The summed E-state index contributed by atoms with van der Waals surface area (Å²) in [5, 5.41) is 2.95. The van der Waals surface area contributed by atoms with Crippen LogP contribution in [0.5, 0.6) is 5.75 Å². The first-order chi connectivity index (χ1) is 8.13. The van der Waals surface area contributed by atoms with E-state index >= 15 is 0 Å². The highest BCUT2D eigenvalue weighted by Crippen LogP contribution is 2.43. The quantitative estimate of drug-likeness (QED) is 0.896. The number of benzene rings is 1. The predicted molar refractivity (Wildman–Crippen MR) is 70.7 cm³/mol. The number of fused-ring (bicyclic) bond motifs is 1. The molecule has 92 valence electrons. The van der Waals surface area contributed by atoms with Gasteiger partial charge in [-0.25, -0.2) is 0 Å². The van der Waals surface area contributed by atoms with Gasteiger partial charge < -0.3 is 10.1 Å². The smallest absolute Gasteiger partial charge is 0.238 e. The molecule has 0 radical (unpaired) electrons. The van der Waals surface area contributed by atoms with Gasteiger partial charge in [-0.05, 0) is 25.0 Å². The Morgan fingerprint density at radius 3 is 2.88 bits per heavy atom. The lowest BCUT2D eigenvalue weighted by Crippen LogP contribution is -2.32. The number of amides is 1.